The summed E-state index contributed by atoms with van der Waals surface area (Å²) in [7, 11) is 0. The molecular formula is C26H26N8O2. The first-order chi connectivity index (χ1) is 17.4. The first-order valence-electron chi connectivity index (χ1n) is 12.1. The molecule has 10 heteroatoms. The van der Waals surface area contributed by atoms with Crippen molar-refractivity contribution in [1.82, 2.24) is 25.1 Å². The summed E-state index contributed by atoms with van der Waals surface area (Å²) >= 11 is 0. The third-order valence-electron chi connectivity index (χ3n) is 7.65. The smallest absolute Gasteiger partial charge is 0.245 e. The molecule has 182 valence electrons. The Bertz CT molecular complexity index is 1460. The number of carbonyl (C=O) groups is 2. The largest absolute Gasteiger partial charge is 0.355 e. The number of anilines is 2. The van der Waals surface area contributed by atoms with Crippen molar-refractivity contribution < 1.29 is 9.59 Å². The molecule has 5 heterocycles. The predicted octanol–water partition coefficient (Wildman–Crippen LogP) is 2.55. The molecule has 0 aliphatic carbocycles. The van der Waals surface area contributed by atoms with Crippen molar-refractivity contribution in [3.63, 3.8) is 0 Å². The van der Waals surface area contributed by atoms with Crippen LogP contribution in [0.5, 0.6) is 0 Å². The van der Waals surface area contributed by atoms with E-state index in [9.17, 15) is 14.9 Å². The van der Waals surface area contributed by atoms with Gasteiger partial charge in [0.2, 0.25) is 17.8 Å². The topological polar surface area (TPSA) is 122 Å². The number of fused-ring (bicyclic) bond motifs is 1. The van der Waals surface area contributed by atoms with E-state index in [1.54, 1.807) is 16.0 Å². The molecular weight excluding hydrogens is 456 g/mol. The van der Waals surface area contributed by atoms with Gasteiger partial charge in [-0.25, -0.2) is 4.98 Å². The molecule has 0 saturated carbocycles. The lowest BCUT2D eigenvalue weighted by molar-refractivity contribution is -0.136. The van der Waals surface area contributed by atoms with E-state index in [1.165, 1.54) is 6.08 Å². The van der Waals surface area contributed by atoms with Gasteiger partial charge < -0.3 is 9.80 Å². The van der Waals surface area contributed by atoms with Gasteiger partial charge in [0, 0.05) is 55.5 Å². The van der Waals surface area contributed by atoms with Crippen LogP contribution in [0.4, 0.5) is 11.8 Å². The third-order valence-corrected chi connectivity index (χ3v) is 7.65. The Morgan fingerprint density at radius 3 is 2.81 bits per heavy atom. The number of nitrogens with zero attached hydrogens (tertiary/aromatic N) is 7. The van der Waals surface area contributed by atoms with Crippen LogP contribution in [-0.4, -0.2) is 69.6 Å². The fourth-order valence-electron chi connectivity index (χ4n) is 5.79. The van der Waals surface area contributed by atoms with Gasteiger partial charge in [0.1, 0.15) is 11.6 Å². The van der Waals surface area contributed by atoms with Crippen molar-refractivity contribution in [2.45, 2.75) is 26.2 Å². The number of carbonyl (C=O) groups excluding carboxylic acids is 2. The number of nitrogens with one attached hydrogen (secondary N) is 1. The fourth-order valence-corrected chi connectivity index (χ4v) is 5.79. The van der Waals surface area contributed by atoms with Crippen LogP contribution >= 0.6 is 0 Å². The Hall–Kier alpha value is -4.26. The third kappa shape index (κ3) is 3.34. The van der Waals surface area contributed by atoms with Crippen LogP contribution in [0.3, 0.4) is 0 Å². The lowest BCUT2D eigenvalue weighted by Gasteiger charge is -2.47. The number of aromatic nitrogens is 4. The van der Waals surface area contributed by atoms with Gasteiger partial charge in [-0.3, -0.25) is 19.6 Å². The first-order valence-corrected chi connectivity index (χ1v) is 12.1. The van der Waals surface area contributed by atoms with Crippen LogP contribution in [0, 0.1) is 23.7 Å². The second-order valence-electron chi connectivity index (χ2n) is 9.99. The maximum absolute atomic E-state index is 12.6. The van der Waals surface area contributed by atoms with Gasteiger partial charge >= 0.3 is 0 Å². The van der Waals surface area contributed by atoms with Crippen LogP contribution in [0.15, 0.2) is 31.0 Å². The van der Waals surface area contributed by atoms with Crippen LogP contribution < -0.4 is 9.80 Å². The van der Waals surface area contributed by atoms with Crippen LogP contribution in [0.25, 0.3) is 22.2 Å². The summed E-state index contributed by atoms with van der Waals surface area (Å²) in [6, 6.07) is 6.31. The van der Waals surface area contributed by atoms with E-state index in [2.05, 4.69) is 27.7 Å². The molecule has 3 saturated heterocycles. The van der Waals surface area contributed by atoms with Gasteiger partial charge in [0.25, 0.3) is 0 Å². The summed E-state index contributed by atoms with van der Waals surface area (Å²) in [6.45, 7) is 8.85. The van der Waals surface area contributed by atoms with Crippen LogP contribution in [0.1, 0.15) is 30.4 Å². The number of hydrogen-bond donors (Lipinski definition) is 1. The van der Waals surface area contributed by atoms with Crippen molar-refractivity contribution in [2.24, 2.45) is 5.41 Å². The highest BCUT2D eigenvalue weighted by atomic mass is 16.2. The zero-order valence-electron chi connectivity index (χ0n) is 20.1. The van der Waals surface area contributed by atoms with E-state index in [1.807, 2.05) is 19.1 Å². The summed E-state index contributed by atoms with van der Waals surface area (Å²) in [4.78, 5) is 39.8. The fraction of sp³-hybridized carbons (Fsp3) is 0.385. The van der Waals surface area contributed by atoms with E-state index in [4.69, 9.17) is 9.97 Å². The molecule has 1 N–H and O–H groups in total. The standard InChI is InChI=1S/C26H26N8O2/c1-3-20(35)33-14-26(15-33)8-10-32(13-26)24-17(11-27)23(29-25(30-24)34-9-4-5-21(34)36)22-16(2)6-7-19-18(22)12-28-31-19/h3,6-7,12H,1,4-5,8-10,13-15H2,2H3,(H,28,31). The number of amides is 2. The summed E-state index contributed by atoms with van der Waals surface area (Å²) in [5, 5.41) is 18.4. The zero-order chi connectivity index (χ0) is 25.0. The average Bonchev–Trinajstić information content (AvgIpc) is 3.61. The number of nitriles is 1. The number of hydrogen-bond acceptors (Lipinski definition) is 7. The van der Waals surface area contributed by atoms with Gasteiger partial charge in [-0.05, 0) is 37.5 Å². The molecule has 0 radical (unpaired) electrons. The second-order valence-corrected chi connectivity index (χ2v) is 9.99. The Labute approximate surface area is 208 Å². The highest BCUT2D eigenvalue weighted by Gasteiger charge is 2.49. The van der Waals surface area contributed by atoms with Crippen molar-refractivity contribution in [3.05, 3.63) is 42.1 Å². The van der Waals surface area contributed by atoms with Gasteiger partial charge in [-0.15, -0.1) is 0 Å². The van der Waals surface area contributed by atoms with Crippen LogP contribution in [-0.2, 0) is 9.59 Å². The highest BCUT2D eigenvalue weighted by molar-refractivity contribution is 5.99. The molecule has 0 bridgehead atoms. The van der Waals surface area contributed by atoms with Crippen molar-refractivity contribution in [2.75, 3.05) is 42.5 Å². The van der Waals surface area contributed by atoms with Crippen molar-refractivity contribution in [3.8, 4) is 17.3 Å². The van der Waals surface area contributed by atoms with E-state index in [-0.39, 0.29) is 17.2 Å². The number of aromatic amines is 1. The number of rotatable bonds is 4. The maximum Gasteiger partial charge on any atom is 0.245 e. The number of benzene rings is 1. The molecule has 3 aliphatic heterocycles. The molecule has 3 aromatic rings. The van der Waals surface area contributed by atoms with E-state index in [0.29, 0.717) is 62.2 Å². The minimum atomic E-state index is -0.0559. The molecule has 2 amide bonds. The van der Waals surface area contributed by atoms with Gasteiger partial charge in [-0.1, -0.05) is 12.6 Å². The highest BCUT2D eigenvalue weighted by Crippen LogP contribution is 2.43. The van der Waals surface area contributed by atoms with Crippen LogP contribution in [0.2, 0.25) is 0 Å². The first kappa shape index (κ1) is 22.2. The minimum Gasteiger partial charge on any atom is -0.355 e. The van der Waals surface area contributed by atoms with Gasteiger partial charge in [0.15, 0.2) is 5.82 Å². The molecule has 0 atom stereocenters. The maximum atomic E-state index is 12.6. The Balaban J connectivity index is 1.47. The van der Waals surface area contributed by atoms with Crippen molar-refractivity contribution >= 4 is 34.5 Å². The monoisotopic (exact) mass is 482 g/mol. The summed E-state index contributed by atoms with van der Waals surface area (Å²) < 4.78 is 0. The van der Waals surface area contributed by atoms with E-state index < -0.39 is 0 Å². The molecule has 0 unspecified atom stereocenters. The zero-order valence-corrected chi connectivity index (χ0v) is 20.1. The Kier molecular flexibility index (Phi) is 5.03. The average molecular weight is 483 g/mol. The SMILES string of the molecule is C=CC(=O)N1CC2(CCN(c3nc(N4CCCC4=O)nc(-c4c(C)ccc5[nH]ncc45)c3C#N)C2)C1. The molecule has 3 fully saturated rings. The quantitative estimate of drug-likeness (QED) is 0.567. The molecule has 3 aliphatic rings. The molecule has 2 aromatic heterocycles. The molecule has 6 rings (SSSR count). The number of aryl methyl sites for hydroxylation is 1. The summed E-state index contributed by atoms with van der Waals surface area (Å²) in [5.41, 5.74) is 3.49. The molecule has 1 spiro atoms. The van der Waals surface area contributed by atoms with E-state index in [0.717, 1.165) is 34.9 Å². The lowest BCUT2D eigenvalue weighted by Crippen LogP contribution is -2.59. The Morgan fingerprint density at radius 1 is 1.25 bits per heavy atom. The Morgan fingerprint density at radius 2 is 2.08 bits per heavy atom. The molecule has 1 aromatic carbocycles. The summed E-state index contributed by atoms with van der Waals surface area (Å²) in [5.74, 6) is 0.812. The predicted molar refractivity (Wildman–Crippen MR) is 134 cm³/mol. The number of H-pyrrole nitrogens is 1. The van der Waals surface area contributed by atoms with E-state index >= 15 is 0 Å². The lowest BCUT2D eigenvalue weighted by atomic mass is 9.79. The molecule has 10 nitrogen and oxygen atoms in total. The molecule has 36 heavy (non-hydrogen) atoms. The normalized spacial score (nSPS) is 18.7. The van der Waals surface area contributed by atoms with Gasteiger partial charge in [0.05, 0.1) is 17.4 Å². The minimum absolute atomic E-state index is 0.00897. The van der Waals surface area contributed by atoms with Crippen molar-refractivity contribution in [1.29, 1.82) is 5.26 Å². The number of likely N-dealkylation sites (tertiary alicyclic amines) is 1. The summed E-state index contributed by atoms with van der Waals surface area (Å²) in [6.07, 6.45) is 5.20. The van der Waals surface area contributed by atoms with Gasteiger partial charge in [-0.2, -0.15) is 15.3 Å². The second kappa shape index (κ2) is 8.16.